The van der Waals surface area contributed by atoms with Crippen molar-refractivity contribution in [2.45, 2.75) is 92.7 Å². The minimum atomic E-state index is -2.45. The zero-order chi connectivity index (χ0) is 36.6. The maximum absolute atomic E-state index is 8.66. The Morgan fingerprint density at radius 3 is 1.90 bits per heavy atom. The van der Waals surface area contributed by atoms with Crippen molar-refractivity contribution >= 4 is 67.8 Å². The number of nitrogens with zero attached hydrogens (tertiary/aromatic N) is 6. The van der Waals surface area contributed by atoms with Crippen molar-refractivity contribution in [1.82, 2.24) is 39.9 Å². The van der Waals surface area contributed by atoms with E-state index in [9.17, 15) is 0 Å². The number of halogens is 1. The standard InChI is InChI=1S/C12H10N5O.C8H10O.C5H4ClN5.3C4H9.Na.Sn.H/c13-12-16-10-9(14-7-15-10)11(17-12)18-6-8-4-2-1-3-5-8;1-7-3-2-4-8(5-7)6-9;6-3-2-4(9-1-8-2)11-5(7)10-3;3*1-3-4-2;;;/h1-2,4-5,7H,6H2,(H3,13,14,15,16,17);2-5,9H,6H2,1H3;1H,(H3,7,8,9,10,11);3*1,3-4H2,2H3;;;/q;;;;;;+1;;-1. The minimum absolute atomic E-state index is 0. The third-order valence-corrected chi connectivity index (χ3v) is 24.6. The van der Waals surface area contributed by atoms with Gasteiger partial charge in [0.15, 0.2) is 10.8 Å². The molecule has 4 aromatic heterocycles. The zero-order valence-corrected chi connectivity index (χ0v) is 36.7. The van der Waals surface area contributed by atoms with Crippen molar-refractivity contribution in [1.29, 1.82) is 0 Å². The van der Waals surface area contributed by atoms with Crippen LogP contribution in [0.2, 0.25) is 18.5 Å². The Labute approximate surface area is 339 Å². The Kier molecular flexibility index (Phi) is 18.6. The number of ether oxygens (including phenoxy) is 1. The van der Waals surface area contributed by atoms with Gasteiger partial charge < -0.3 is 17.3 Å². The third kappa shape index (κ3) is 12.5. The molecule has 6 rings (SSSR count). The second-order valence-electron chi connectivity index (χ2n) is 12.7. The van der Waals surface area contributed by atoms with E-state index in [1.54, 1.807) is 9.91 Å². The third-order valence-electron chi connectivity index (χ3n) is 8.74. The quantitative estimate of drug-likeness (QED) is 0.0755. The number of anilines is 2. The maximum atomic E-state index is 8.66. The van der Waals surface area contributed by atoms with Gasteiger partial charge >= 0.3 is 220 Å². The number of fused-ring (bicyclic) bond motifs is 2. The number of hydrogen-bond acceptors (Lipinski definition) is 10. The molecule has 2 aromatic carbocycles. The second kappa shape index (κ2) is 22.3. The fraction of sp³-hybridized carbons (Fsp3) is 0.405. The Hall–Kier alpha value is -3.01. The smallest absolute Gasteiger partial charge is 1.00 e. The summed E-state index contributed by atoms with van der Waals surface area (Å²) < 4.78 is 12.1. The predicted molar refractivity (Wildman–Crippen MR) is 211 cm³/mol. The van der Waals surface area contributed by atoms with E-state index in [-0.39, 0.29) is 49.5 Å². The van der Waals surface area contributed by atoms with E-state index < -0.39 is 18.4 Å². The van der Waals surface area contributed by atoms with Crippen LogP contribution in [-0.2, 0) is 13.2 Å². The number of hydrogen-bond donors (Lipinski definition) is 5. The second-order valence-corrected chi connectivity index (χ2v) is 26.3. The van der Waals surface area contributed by atoms with Crippen LogP contribution in [0.3, 0.4) is 0 Å². The normalized spacial score (nSPS) is 11.0. The van der Waals surface area contributed by atoms with Crippen LogP contribution in [-0.4, -0.2) is 63.4 Å². The fourth-order valence-corrected chi connectivity index (χ4v) is 22.4. The van der Waals surface area contributed by atoms with Crippen LogP contribution in [0.25, 0.3) is 22.3 Å². The Bertz CT molecular complexity index is 1940. The van der Waals surface area contributed by atoms with Gasteiger partial charge in [0.2, 0.25) is 5.95 Å². The van der Waals surface area contributed by atoms with Gasteiger partial charge in [0, 0.05) is 0 Å². The first-order valence-electron chi connectivity index (χ1n) is 17.7. The minimum Gasteiger partial charge on any atom is -1.00 e. The molecule has 0 unspecified atom stereocenters. The molecule has 274 valence electrons. The average molecular weight is 846 g/mol. The molecule has 0 aliphatic rings. The summed E-state index contributed by atoms with van der Waals surface area (Å²) in [6.07, 6.45) is 11.0. The summed E-state index contributed by atoms with van der Waals surface area (Å²) in [6.45, 7) is 9.59. The van der Waals surface area contributed by atoms with Crippen LogP contribution >= 0.6 is 11.6 Å². The number of benzene rings is 2. The number of aliphatic hydroxyl groups excluding tert-OH is 1. The van der Waals surface area contributed by atoms with Gasteiger partial charge in [-0.25, -0.2) is 4.98 Å². The largest absolute Gasteiger partial charge is 1.00 e. The molecule has 6 aromatic rings. The number of aromatic amines is 2. The molecular formula is C37H52ClN10NaO2Sn. The molecule has 52 heavy (non-hydrogen) atoms. The van der Waals surface area contributed by atoms with Gasteiger partial charge in [-0.05, 0) is 12.5 Å². The number of unbranched alkanes of at least 4 members (excludes halogenated alkanes) is 3. The number of aromatic nitrogens is 8. The first kappa shape index (κ1) is 43.4. The molecule has 0 atom stereocenters. The van der Waals surface area contributed by atoms with Crippen molar-refractivity contribution in [3.63, 3.8) is 0 Å². The van der Waals surface area contributed by atoms with Gasteiger partial charge in [-0.15, -0.1) is 0 Å². The van der Waals surface area contributed by atoms with Crippen LogP contribution in [0, 0.1) is 6.92 Å². The molecular weight excluding hydrogens is 794 g/mol. The number of rotatable bonds is 14. The first-order valence-corrected chi connectivity index (χ1v) is 25.5. The molecule has 0 spiro atoms. The van der Waals surface area contributed by atoms with Crippen LogP contribution in [0.1, 0.15) is 77.4 Å². The number of aliphatic hydroxyl groups is 1. The monoisotopic (exact) mass is 846 g/mol. The van der Waals surface area contributed by atoms with Gasteiger partial charge in [-0.1, -0.05) is 41.4 Å². The number of H-pyrrole nitrogens is 2. The number of nitrogen functional groups attached to an aromatic ring is 2. The van der Waals surface area contributed by atoms with Crippen molar-refractivity contribution in [2.75, 3.05) is 11.5 Å². The van der Waals surface area contributed by atoms with Crippen LogP contribution in [0.4, 0.5) is 11.9 Å². The van der Waals surface area contributed by atoms with Gasteiger partial charge in [0.25, 0.3) is 0 Å². The number of nitrogens with one attached hydrogen (secondary N) is 2. The van der Waals surface area contributed by atoms with Crippen molar-refractivity contribution in [2.24, 2.45) is 0 Å². The van der Waals surface area contributed by atoms with Crippen LogP contribution in [0.5, 0.6) is 5.88 Å². The van der Waals surface area contributed by atoms with Gasteiger partial charge in [0.1, 0.15) is 5.52 Å². The first-order chi connectivity index (χ1) is 24.7. The van der Waals surface area contributed by atoms with E-state index in [1.165, 1.54) is 69.3 Å². The van der Waals surface area contributed by atoms with Gasteiger partial charge in [0.05, 0.1) is 12.9 Å². The Balaban J connectivity index is 0.000000358. The van der Waals surface area contributed by atoms with E-state index in [2.05, 4.69) is 84.9 Å². The summed E-state index contributed by atoms with van der Waals surface area (Å²) in [5, 5.41) is 8.96. The van der Waals surface area contributed by atoms with Gasteiger partial charge in [-0.3, -0.25) is 0 Å². The predicted octanol–water partition coefficient (Wildman–Crippen LogP) is 4.76. The summed E-state index contributed by atoms with van der Waals surface area (Å²) in [4.78, 5) is 29.9. The molecule has 12 nitrogen and oxygen atoms in total. The molecule has 0 saturated heterocycles. The average Bonchev–Trinajstić information content (AvgIpc) is 3.81. The van der Waals surface area contributed by atoms with E-state index in [0.29, 0.717) is 40.0 Å². The van der Waals surface area contributed by atoms with Crippen molar-refractivity contribution < 1.29 is 40.8 Å². The number of imidazole rings is 2. The summed E-state index contributed by atoms with van der Waals surface area (Å²) in [5.41, 5.74) is 16.8. The molecule has 0 amide bonds. The fourth-order valence-electron chi connectivity index (χ4n) is 6.05. The van der Waals surface area contributed by atoms with E-state index in [1.807, 2.05) is 31.2 Å². The molecule has 0 aliphatic heterocycles. The van der Waals surface area contributed by atoms with E-state index >= 15 is 0 Å². The maximum Gasteiger partial charge on any atom is 1.00 e. The summed E-state index contributed by atoms with van der Waals surface area (Å²) in [5.74, 6) is 0.773. The Morgan fingerprint density at radius 1 is 0.769 bits per heavy atom. The summed E-state index contributed by atoms with van der Waals surface area (Å²) in [7, 11) is 0. The molecule has 7 N–H and O–H groups in total. The molecule has 0 fully saturated rings. The van der Waals surface area contributed by atoms with Crippen LogP contribution in [0.15, 0.2) is 61.2 Å². The van der Waals surface area contributed by atoms with Gasteiger partial charge in [-0.2, -0.15) is 9.97 Å². The SMILES string of the molecule is CCC[CH2][Sn]([CH2]CCC)([CH2]CCC)[c]1cccc(COc2nc(N)nc3nc[nH]c23)c1.Cc1cccc(CO)c1.Nc1nc(Cl)c2[nH]cnc2n1.[H-].[Na+]. The molecule has 4 heterocycles. The number of aryl methyl sites for hydroxylation is 1. The molecule has 0 saturated carbocycles. The van der Waals surface area contributed by atoms with Crippen molar-refractivity contribution in [3.8, 4) is 5.88 Å². The topological polar surface area (TPSA) is 190 Å². The molecule has 0 bridgehead atoms. The number of nitrogens with two attached hydrogens (primary N) is 2. The van der Waals surface area contributed by atoms with E-state index in [0.717, 1.165) is 5.56 Å². The van der Waals surface area contributed by atoms with E-state index in [4.69, 9.17) is 32.9 Å². The zero-order valence-electron chi connectivity index (χ0n) is 32.1. The van der Waals surface area contributed by atoms with Crippen LogP contribution < -0.4 is 49.3 Å². The summed E-state index contributed by atoms with van der Waals surface area (Å²) in [6, 6.07) is 17.1. The summed E-state index contributed by atoms with van der Waals surface area (Å²) >= 11 is 3.25. The molecule has 0 radical (unpaired) electrons. The molecule has 0 aliphatic carbocycles. The Morgan fingerprint density at radius 2 is 1.33 bits per heavy atom. The molecule has 15 heteroatoms. The van der Waals surface area contributed by atoms with Crippen molar-refractivity contribution in [3.05, 3.63) is 83.0 Å².